The average molecular weight is 341 g/mol. The van der Waals surface area contributed by atoms with Crippen molar-refractivity contribution >= 4 is 40.2 Å². The molecule has 9 heteroatoms. The number of carbonyl (C=O) groups excluding carboxylic acids is 2. The number of thioether (sulfide) groups is 1. The fourth-order valence-electron chi connectivity index (χ4n) is 2.80. The van der Waals surface area contributed by atoms with E-state index in [-0.39, 0.29) is 24.0 Å². The number of aryl methyl sites for hydroxylation is 1. The van der Waals surface area contributed by atoms with E-state index in [1.165, 1.54) is 11.3 Å². The number of hydrogen-bond donors (Lipinski definition) is 3. The maximum Gasteiger partial charge on any atom is 0.315 e. The second-order valence-electron chi connectivity index (χ2n) is 5.54. The Hall–Kier alpha value is -1.35. The van der Waals surface area contributed by atoms with Crippen molar-refractivity contribution in [3.8, 4) is 0 Å². The Balaban J connectivity index is 1.34. The van der Waals surface area contributed by atoms with Crippen molar-refractivity contribution in [1.29, 1.82) is 0 Å². The van der Waals surface area contributed by atoms with Crippen LogP contribution in [0.3, 0.4) is 0 Å². The van der Waals surface area contributed by atoms with Gasteiger partial charge in [-0.1, -0.05) is 17.8 Å². The number of nitrogens with one attached hydrogen (secondary N) is 3. The van der Waals surface area contributed by atoms with Crippen LogP contribution in [-0.2, 0) is 4.79 Å². The molecule has 120 valence electrons. The van der Waals surface area contributed by atoms with E-state index in [4.69, 9.17) is 0 Å². The van der Waals surface area contributed by atoms with Crippen LogP contribution in [0.4, 0.5) is 9.93 Å². The predicted molar refractivity (Wildman–Crippen MR) is 87.2 cm³/mol. The Labute approximate surface area is 137 Å². The van der Waals surface area contributed by atoms with Crippen LogP contribution < -0.4 is 16.0 Å². The Morgan fingerprint density at radius 1 is 1.36 bits per heavy atom. The zero-order chi connectivity index (χ0) is 15.5. The Bertz CT molecular complexity index is 564. The molecule has 2 aliphatic rings. The third-order valence-corrected chi connectivity index (χ3v) is 6.12. The van der Waals surface area contributed by atoms with E-state index in [1.54, 1.807) is 0 Å². The molecule has 3 amide bonds. The molecule has 0 spiro atoms. The Morgan fingerprint density at radius 3 is 3.00 bits per heavy atom. The Morgan fingerprint density at radius 2 is 2.23 bits per heavy atom. The first-order valence-electron chi connectivity index (χ1n) is 7.40. The SMILES string of the molecule is Cc1nnc(NC(=O)CCCCC2SCC3NC(=O)NC32)s1. The van der Waals surface area contributed by atoms with E-state index in [2.05, 4.69) is 26.1 Å². The maximum atomic E-state index is 11.8. The van der Waals surface area contributed by atoms with Crippen LogP contribution in [0.5, 0.6) is 0 Å². The molecule has 2 saturated heterocycles. The highest BCUT2D eigenvalue weighted by molar-refractivity contribution is 8.00. The van der Waals surface area contributed by atoms with Crippen molar-refractivity contribution in [2.24, 2.45) is 0 Å². The second-order valence-corrected chi connectivity index (χ2v) is 8.00. The third-order valence-electron chi connectivity index (χ3n) is 3.85. The lowest BCUT2D eigenvalue weighted by Crippen LogP contribution is -2.36. The summed E-state index contributed by atoms with van der Waals surface area (Å²) in [6.45, 7) is 1.86. The molecular formula is C13H19N5O2S2. The van der Waals surface area contributed by atoms with Gasteiger partial charge in [-0.15, -0.1) is 10.2 Å². The maximum absolute atomic E-state index is 11.8. The first-order chi connectivity index (χ1) is 10.6. The van der Waals surface area contributed by atoms with E-state index in [0.29, 0.717) is 16.8 Å². The number of fused-ring (bicyclic) bond motifs is 1. The topological polar surface area (TPSA) is 96.0 Å². The third kappa shape index (κ3) is 3.70. The van der Waals surface area contributed by atoms with Crippen LogP contribution in [0.2, 0.25) is 0 Å². The predicted octanol–water partition coefficient (Wildman–Crippen LogP) is 1.51. The van der Waals surface area contributed by atoms with Crippen molar-refractivity contribution in [3.63, 3.8) is 0 Å². The van der Waals surface area contributed by atoms with E-state index in [1.807, 2.05) is 18.7 Å². The summed E-state index contributed by atoms with van der Waals surface area (Å²) in [5.74, 6) is 0.967. The number of unbranched alkanes of at least 4 members (excludes halogenated alkanes) is 1. The molecule has 3 N–H and O–H groups in total. The first-order valence-corrected chi connectivity index (χ1v) is 9.27. The molecule has 0 saturated carbocycles. The lowest BCUT2D eigenvalue weighted by Gasteiger charge is -2.16. The summed E-state index contributed by atoms with van der Waals surface area (Å²) < 4.78 is 0. The normalized spacial score (nSPS) is 26.4. The number of rotatable bonds is 6. The molecule has 0 bridgehead atoms. The van der Waals surface area contributed by atoms with Gasteiger partial charge >= 0.3 is 6.03 Å². The van der Waals surface area contributed by atoms with Gasteiger partial charge in [0.1, 0.15) is 5.01 Å². The highest BCUT2D eigenvalue weighted by Gasteiger charge is 2.42. The summed E-state index contributed by atoms with van der Waals surface area (Å²) in [4.78, 5) is 23.1. The zero-order valence-corrected chi connectivity index (χ0v) is 13.9. The number of anilines is 1. The van der Waals surface area contributed by atoms with Gasteiger partial charge in [0.15, 0.2) is 0 Å². The minimum absolute atomic E-state index is 0.0102. The monoisotopic (exact) mass is 341 g/mol. The van der Waals surface area contributed by atoms with Crippen molar-refractivity contribution in [3.05, 3.63) is 5.01 Å². The fourth-order valence-corrected chi connectivity index (χ4v) is 4.95. The molecule has 1 aromatic rings. The van der Waals surface area contributed by atoms with Gasteiger partial charge in [0.25, 0.3) is 0 Å². The summed E-state index contributed by atoms with van der Waals surface area (Å²) in [6, 6.07) is 0.467. The van der Waals surface area contributed by atoms with Crippen LogP contribution in [-0.4, -0.2) is 45.2 Å². The molecule has 2 fully saturated rings. The van der Waals surface area contributed by atoms with Crippen LogP contribution in [0.25, 0.3) is 0 Å². The van der Waals surface area contributed by atoms with Gasteiger partial charge in [0, 0.05) is 17.4 Å². The number of amides is 3. The van der Waals surface area contributed by atoms with Gasteiger partial charge in [-0.05, 0) is 19.8 Å². The van der Waals surface area contributed by atoms with Crippen LogP contribution >= 0.6 is 23.1 Å². The average Bonchev–Trinajstić information content (AvgIpc) is 3.12. The summed E-state index contributed by atoms with van der Waals surface area (Å²) in [5.41, 5.74) is 0. The lowest BCUT2D eigenvalue weighted by atomic mass is 10.0. The molecule has 7 nitrogen and oxygen atoms in total. The highest BCUT2D eigenvalue weighted by atomic mass is 32.2. The number of carbonyl (C=O) groups is 2. The summed E-state index contributed by atoms with van der Waals surface area (Å²) in [6.07, 6.45) is 3.35. The molecule has 1 aromatic heterocycles. The van der Waals surface area contributed by atoms with Crippen LogP contribution in [0.1, 0.15) is 30.7 Å². The van der Waals surface area contributed by atoms with Crippen molar-refractivity contribution in [2.45, 2.75) is 49.9 Å². The van der Waals surface area contributed by atoms with E-state index in [9.17, 15) is 9.59 Å². The number of urea groups is 1. The molecule has 0 radical (unpaired) electrons. The number of aromatic nitrogens is 2. The van der Waals surface area contributed by atoms with Gasteiger partial charge in [-0.2, -0.15) is 11.8 Å². The van der Waals surface area contributed by atoms with Crippen LogP contribution in [0.15, 0.2) is 0 Å². The molecule has 0 aromatic carbocycles. The molecule has 3 rings (SSSR count). The number of hydrogen-bond acceptors (Lipinski definition) is 6. The van der Waals surface area contributed by atoms with E-state index in [0.717, 1.165) is 30.0 Å². The van der Waals surface area contributed by atoms with Gasteiger partial charge in [-0.3, -0.25) is 4.79 Å². The minimum atomic E-state index is -0.0490. The van der Waals surface area contributed by atoms with Crippen molar-refractivity contribution in [1.82, 2.24) is 20.8 Å². The molecular weight excluding hydrogens is 322 g/mol. The molecule has 0 aliphatic carbocycles. The first kappa shape index (κ1) is 15.5. The standard InChI is InChI=1S/C13H19N5O2S2/c1-7-17-18-13(22-7)15-10(19)5-3-2-4-9-11-8(6-21-9)14-12(20)16-11/h8-9,11H,2-6H2,1H3,(H2,14,16,20)(H,15,18,19). The van der Waals surface area contributed by atoms with Crippen LogP contribution in [0, 0.1) is 6.92 Å². The van der Waals surface area contributed by atoms with E-state index < -0.39 is 0 Å². The summed E-state index contributed by atoms with van der Waals surface area (Å²) in [7, 11) is 0. The molecule has 22 heavy (non-hydrogen) atoms. The van der Waals surface area contributed by atoms with Crippen molar-refractivity contribution < 1.29 is 9.59 Å². The molecule has 3 unspecified atom stereocenters. The second kappa shape index (κ2) is 6.82. The zero-order valence-electron chi connectivity index (χ0n) is 12.3. The molecule has 3 atom stereocenters. The minimum Gasteiger partial charge on any atom is -0.332 e. The van der Waals surface area contributed by atoms with Crippen molar-refractivity contribution in [2.75, 3.05) is 11.1 Å². The molecule has 2 aliphatic heterocycles. The summed E-state index contributed by atoms with van der Waals surface area (Å²) >= 11 is 3.29. The fraction of sp³-hybridized carbons (Fsp3) is 0.692. The largest absolute Gasteiger partial charge is 0.332 e. The highest BCUT2D eigenvalue weighted by Crippen LogP contribution is 2.33. The van der Waals surface area contributed by atoms with E-state index >= 15 is 0 Å². The smallest absolute Gasteiger partial charge is 0.315 e. The summed E-state index contributed by atoms with van der Waals surface area (Å²) in [5, 5.41) is 18.3. The van der Waals surface area contributed by atoms with Gasteiger partial charge in [-0.25, -0.2) is 4.79 Å². The van der Waals surface area contributed by atoms with Gasteiger partial charge < -0.3 is 16.0 Å². The quantitative estimate of drug-likeness (QED) is 0.538. The number of nitrogens with zero attached hydrogens (tertiary/aromatic N) is 2. The lowest BCUT2D eigenvalue weighted by molar-refractivity contribution is -0.116. The molecule has 3 heterocycles. The van der Waals surface area contributed by atoms with Gasteiger partial charge in [0.2, 0.25) is 11.0 Å². The Kier molecular flexibility index (Phi) is 4.82. The van der Waals surface area contributed by atoms with Gasteiger partial charge in [0.05, 0.1) is 12.1 Å².